The maximum absolute atomic E-state index is 5.29. The lowest BCUT2D eigenvalue weighted by Gasteiger charge is -2.45. The van der Waals surface area contributed by atoms with Crippen molar-refractivity contribution in [3.05, 3.63) is 508 Å². The van der Waals surface area contributed by atoms with Crippen molar-refractivity contribution in [2.45, 2.75) is 5.41 Å². The molecule has 26 aromatic rings. The molecule has 0 bridgehead atoms. The van der Waals surface area contributed by atoms with Crippen LogP contribution in [0.4, 0.5) is 17.1 Å². The predicted molar refractivity (Wildman–Crippen MR) is 559 cm³/mol. The molecule has 12 heterocycles. The Balaban J connectivity index is 0.000000108. The first-order valence-corrected chi connectivity index (χ1v) is 46.4. The van der Waals surface area contributed by atoms with E-state index >= 15 is 0 Å². The van der Waals surface area contributed by atoms with Gasteiger partial charge in [0, 0.05) is 102 Å². The Morgan fingerprint density at radius 1 is 0.196 bits per heavy atom. The van der Waals surface area contributed by atoms with Gasteiger partial charge >= 0.3 is 0 Å². The van der Waals surface area contributed by atoms with Crippen molar-refractivity contribution in [3.8, 4) is 130 Å². The minimum Gasteiger partial charge on any atom is -0.310 e. The Morgan fingerprint density at radius 2 is 0.536 bits per heavy atom. The lowest BCUT2D eigenvalue weighted by atomic mass is 9.64. The molecular formula is C124H80N14. The molecule has 0 saturated carbocycles. The third kappa shape index (κ3) is 13.4. The summed E-state index contributed by atoms with van der Waals surface area (Å²) in [7, 11) is 0. The fourth-order valence-electron chi connectivity index (χ4n) is 20.7. The fraction of sp³-hybridized carbons (Fsp3) is 0.00806. The van der Waals surface area contributed by atoms with E-state index < -0.39 is 5.41 Å². The van der Waals surface area contributed by atoms with Gasteiger partial charge in [-0.15, -0.1) is 0 Å². The highest BCUT2D eigenvalue weighted by atomic mass is 15.2. The van der Waals surface area contributed by atoms with Crippen molar-refractivity contribution >= 4 is 88.6 Å². The number of benzene rings is 15. The lowest BCUT2D eigenvalue weighted by Crippen LogP contribution is -2.36. The molecule has 11 aromatic heterocycles. The van der Waals surface area contributed by atoms with Crippen LogP contribution in [0.2, 0.25) is 0 Å². The highest BCUT2D eigenvalue weighted by Crippen LogP contribution is 2.63. The zero-order valence-electron chi connectivity index (χ0n) is 74.4. The third-order valence-corrected chi connectivity index (χ3v) is 26.9. The SMILES string of the molecule is c1ccc(-c2nc(-c3ccc(-c4ccc(-n5c(-c6ccccc6)nc6ccccc65)cc4)cc3)n3c2ccc2cccnc23)cc1.c1ccc(-c2nc(-c3ccc(-c4nc(-c5ccccc5)c5ccc6cccnc6n45)cc3)nc3ccccc23)cc1.c1ccc(-c2nc(-c3ccc(N4c5ccccc5C5(c6ccccc6-c6ccccc65)c5ccccc54)cc3)n3c2ccc2cccnc23)cc1. The standard InChI is InChI=1S/C47H30N4.C41H27N5.C36H23N5/c1-2-13-31(14-3-1)44-43-29-26-32-15-12-30-48-45(32)51(43)46(49-44)33-24-27-34(28-25-33)50-41-22-10-8-20-39(41)47(40-21-9-11-23-42(40)50)37-18-6-4-16-35(37)36-17-5-7-19-38(36)47;1-3-10-30(11-4-1)38-37-26-23-32-14-9-27-42-39(32)46(37)41(44-38)33-19-17-28(18-20-33)29-21-24-34(25-22-29)45-36-16-8-7-15-35(36)43-40(45)31-12-5-2-6-13-31;1-3-10-24(11-4-1)32-29-15-7-8-16-30(29)38-34(39-32)26-17-19-28(20-18-26)36-40-33(25-12-5-2-6-13-25)31-22-21-27-14-9-23-37-35(27)41(31)36/h1-30H;1-27H;1-23H. The second kappa shape index (κ2) is 33.5. The molecule has 1 aliphatic carbocycles. The monoisotopic (exact) mass is 1760 g/mol. The lowest BCUT2D eigenvalue weighted by molar-refractivity contribution is 0.752. The Labute approximate surface area is 794 Å². The van der Waals surface area contributed by atoms with Crippen molar-refractivity contribution in [2.24, 2.45) is 0 Å². The number of aromatic nitrogens is 13. The molecule has 14 heteroatoms. The van der Waals surface area contributed by atoms with Gasteiger partial charge in [0.2, 0.25) is 0 Å². The highest BCUT2D eigenvalue weighted by Gasteiger charge is 2.51. The smallest absolute Gasteiger partial charge is 0.160 e. The third-order valence-electron chi connectivity index (χ3n) is 26.9. The highest BCUT2D eigenvalue weighted by molar-refractivity contribution is 6.00. The summed E-state index contributed by atoms with van der Waals surface area (Å²) < 4.78 is 8.79. The van der Waals surface area contributed by atoms with Crippen LogP contribution in [0, 0.1) is 0 Å². The van der Waals surface area contributed by atoms with Crippen molar-refractivity contribution in [2.75, 3.05) is 4.90 Å². The Bertz CT molecular complexity index is 9080. The number of hydrogen-bond acceptors (Lipinski definition) is 10. The maximum atomic E-state index is 5.29. The first-order valence-electron chi connectivity index (χ1n) is 46.4. The van der Waals surface area contributed by atoms with Crippen molar-refractivity contribution in [3.63, 3.8) is 0 Å². The van der Waals surface area contributed by atoms with Crippen LogP contribution < -0.4 is 4.90 Å². The van der Waals surface area contributed by atoms with E-state index in [1.54, 1.807) is 0 Å². The van der Waals surface area contributed by atoms with Crippen molar-refractivity contribution < 1.29 is 0 Å². The van der Waals surface area contributed by atoms with Gasteiger partial charge in [0.25, 0.3) is 0 Å². The second-order valence-electron chi connectivity index (χ2n) is 34.7. The van der Waals surface area contributed by atoms with Gasteiger partial charge in [0.15, 0.2) is 5.82 Å². The van der Waals surface area contributed by atoms with Crippen LogP contribution in [0.15, 0.2) is 486 Å². The molecular weight excluding hydrogens is 1690 g/mol. The molecule has 15 aromatic carbocycles. The topological polar surface area (TPSA) is 137 Å². The van der Waals surface area contributed by atoms with E-state index in [4.69, 9.17) is 44.9 Å². The summed E-state index contributed by atoms with van der Waals surface area (Å²) in [5, 5.41) is 4.25. The van der Waals surface area contributed by atoms with Crippen molar-refractivity contribution in [1.82, 2.24) is 62.6 Å². The maximum Gasteiger partial charge on any atom is 0.160 e. The van der Waals surface area contributed by atoms with Gasteiger partial charge in [0.1, 0.15) is 40.2 Å². The molecule has 2 aliphatic rings. The summed E-state index contributed by atoms with van der Waals surface area (Å²) in [5.41, 5.74) is 36.2. The predicted octanol–water partition coefficient (Wildman–Crippen LogP) is 29.7. The number of fused-ring (bicyclic) bond motifs is 20. The molecule has 14 nitrogen and oxygen atoms in total. The van der Waals surface area contributed by atoms with Crippen LogP contribution in [0.25, 0.3) is 201 Å². The largest absolute Gasteiger partial charge is 0.310 e. The summed E-state index contributed by atoms with van der Waals surface area (Å²) in [5.74, 6) is 4.22. The number of para-hydroxylation sites is 5. The fourth-order valence-corrected chi connectivity index (χ4v) is 20.7. The second-order valence-corrected chi connectivity index (χ2v) is 34.7. The minimum absolute atomic E-state index is 0.423. The van der Waals surface area contributed by atoms with Gasteiger partial charge in [-0.3, -0.25) is 17.8 Å². The summed E-state index contributed by atoms with van der Waals surface area (Å²) in [6.45, 7) is 0. The molecule has 0 atom stereocenters. The molecule has 0 N–H and O–H groups in total. The zero-order chi connectivity index (χ0) is 91.1. The summed E-state index contributed by atoms with van der Waals surface area (Å²) in [6.07, 6.45) is 5.53. The Kier molecular flexibility index (Phi) is 19.4. The molecule has 0 saturated heterocycles. The first-order chi connectivity index (χ1) is 68.5. The summed E-state index contributed by atoms with van der Waals surface area (Å²) in [6, 6.07) is 164. The Morgan fingerprint density at radius 3 is 0.993 bits per heavy atom. The Hall–Kier alpha value is -18.8. The van der Waals surface area contributed by atoms with Crippen LogP contribution in [0.3, 0.4) is 0 Å². The first kappa shape index (κ1) is 80.1. The van der Waals surface area contributed by atoms with E-state index in [1.165, 1.54) is 44.8 Å². The van der Waals surface area contributed by atoms with Gasteiger partial charge in [-0.2, -0.15) is 0 Å². The molecule has 0 unspecified atom stereocenters. The van der Waals surface area contributed by atoms with E-state index in [0.717, 1.165) is 190 Å². The van der Waals surface area contributed by atoms with E-state index in [0.29, 0.717) is 5.82 Å². The van der Waals surface area contributed by atoms with Crippen LogP contribution in [-0.2, 0) is 5.41 Å². The molecule has 1 spiro atoms. The average molecular weight is 1770 g/mol. The molecule has 0 amide bonds. The van der Waals surface area contributed by atoms with Crippen LogP contribution in [0.5, 0.6) is 0 Å². The van der Waals surface area contributed by atoms with E-state index in [-0.39, 0.29) is 0 Å². The average Bonchev–Trinajstić information content (AvgIpc) is 1.49. The number of nitrogens with zero attached hydrogens (tertiary/aromatic N) is 14. The van der Waals surface area contributed by atoms with Crippen molar-refractivity contribution in [1.29, 1.82) is 0 Å². The van der Waals surface area contributed by atoms with Crippen LogP contribution in [-0.4, -0.2) is 62.6 Å². The number of anilines is 3. The summed E-state index contributed by atoms with van der Waals surface area (Å²) in [4.78, 5) is 47.4. The summed E-state index contributed by atoms with van der Waals surface area (Å²) >= 11 is 0. The van der Waals surface area contributed by atoms with Gasteiger partial charge in [0.05, 0.1) is 72.7 Å². The number of pyridine rings is 6. The zero-order valence-corrected chi connectivity index (χ0v) is 74.4. The molecule has 28 rings (SSSR count). The van der Waals surface area contributed by atoms with Gasteiger partial charge in [-0.25, -0.2) is 44.9 Å². The van der Waals surface area contributed by atoms with E-state index in [2.05, 4.69) is 393 Å². The number of imidazole rings is 4. The minimum atomic E-state index is -0.423. The normalized spacial score (nSPS) is 12.2. The number of hydrogen-bond donors (Lipinski definition) is 0. The molecule has 138 heavy (non-hydrogen) atoms. The van der Waals surface area contributed by atoms with Crippen LogP contribution >= 0.6 is 0 Å². The van der Waals surface area contributed by atoms with E-state index in [1.807, 2.05) is 116 Å². The quantitative estimate of drug-likeness (QED) is 0.116. The van der Waals surface area contributed by atoms with Crippen LogP contribution in [0.1, 0.15) is 22.3 Å². The number of rotatable bonds is 12. The molecule has 1 aliphatic heterocycles. The molecule has 0 fully saturated rings. The van der Waals surface area contributed by atoms with Gasteiger partial charge in [-0.05, 0) is 184 Å². The molecule has 646 valence electrons. The van der Waals surface area contributed by atoms with Gasteiger partial charge in [-0.1, -0.05) is 328 Å². The van der Waals surface area contributed by atoms with E-state index in [9.17, 15) is 0 Å². The molecule has 0 radical (unpaired) electrons. The van der Waals surface area contributed by atoms with Gasteiger partial charge < -0.3 is 4.90 Å².